The van der Waals surface area contributed by atoms with Crippen molar-refractivity contribution in [2.75, 3.05) is 0 Å². The van der Waals surface area contributed by atoms with Crippen LogP contribution < -0.4 is 9.30 Å². The summed E-state index contributed by atoms with van der Waals surface area (Å²) in [6.45, 7) is 22.2. The van der Waals surface area contributed by atoms with Crippen molar-refractivity contribution in [3.63, 3.8) is 0 Å². The molecule has 9 rings (SSSR count). The van der Waals surface area contributed by atoms with Crippen LogP contribution in [0.3, 0.4) is 0 Å². The van der Waals surface area contributed by atoms with Gasteiger partial charge in [-0.1, -0.05) is 102 Å². The summed E-state index contributed by atoms with van der Waals surface area (Å²) in [6.07, 6.45) is 7.85. The maximum absolute atomic E-state index is 6.63. The Labute approximate surface area is 381 Å². The van der Waals surface area contributed by atoms with E-state index < -0.39 is 0 Å². The van der Waals surface area contributed by atoms with Gasteiger partial charge in [0.2, 0.25) is 0 Å². The monoisotopic (exact) mass is 991 g/mol. The first kappa shape index (κ1) is 42.7. The number of hydrogen-bond acceptors (Lipinski definition) is 2. The fourth-order valence-electron chi connectivity index (χ4n) is 8.72. The van der Waals surface area contributed by atoms with Crippen LogP contribution in [-0.2, 0) is 31.9 Å². The van der Waals surface area contributed by atoms with E-state index in [0.717, 1.165) is 44.7 Å². The number of aromatic nitrogens is 4. The van der Waals surface area contributed by atoms with E-state index in [1.165, 1.54) is 50.1 Å². The second kappa shape index (κ2) is 16.3. The minimum Gasteiger partial charge on any atom is -0.510 e. The molecule has 0 bridgehead atoms. The largest absolute Gasteiger partial charge is 0.510 e. The van der Waals surface area contributed by atoms with E-state index >= 15 is 0 Å². The summed E-state index contributed by atoms with van der Waals surface area (Å²) < 4.78 is 13.1. The smallest absolute Gasteiger partial charge is 0.267 e. The van der Waals surface area contributed by atoms with Crippen LogP contribution in [0.15, 0.2) is 134 Å². The van der Waals surface area contributed by atoms with Crippen LogP contribution in [0, 0.1) is 46.2 Å². The van der Waals surface area contributed by atoms with E-state index in [1.54, 1.807) is 0 Å². The first-order valence-electron chi connectivity index (χ1n) is 21.1. The molecule has 0 saturated heterocycles. The molecule has 0 spiro atoms. The van der Waals surface area contributed by atoms with E-state index in [-0.39, 0.29) is 31.9 Å². The Morgan fingerprint density at radius 1 is 0.597 bits per heavy atom. The van der Waals surface area contributed by atoms with Crippen molar-refractivity contribution in [3.05, 3.63) is 186 Å². The summed E-state index contributed by atoms with van der Waals surface area (Å²) in [6, 6.07) is 50.1. The van der Waals surface area contributed by atoms with Gasteiger partial charge in [-0.2, -0.15) is 18.2 Å². The van der Waals surface area contributed by atoms with Crippen molar-refractivity contribution < 1.29 is 30.4 Å². The Morgan fingerprint density at radius 3 is 1.84 bits per heavy atom. The molecular formula is C56H52N4OPt-2. The molecule has 0 unspecified atom stereocenters. The number of para-hydroxylation sites is 1. The van der Waals surface area contributed by atoms with E-state index in [0.29, 0.717) is 11.5 Å². The number of rotatable bonds is 7. The van der Waals surface area contributed by atoms with Gasteiger partial charge < -0.3 is 13.9 Å². The van der Waals surface area contributed by atoms with Crippen molar-refractivity contribution >= 4 is 21.8 Å². The standard InChI is InChI=1S/C56H52N4O.Pt/c1-36-16-13-17-37(2)53(36)40-28-41(54-38(3)18-14-19-39(54)4)30-44(29-40)58-34-51(56(8,9)10)59(35-58)43-20-15-21-45(32-43)61-46-24-25-48-47-22-11-12-23-49(47)60(50(48)33-46)52-31-42(26-27-57-52)55(5,6)7;/h11-31,34H,1-10H3;/q-2;. The minimum absolute atomic E-state index is 0. The molecule has 314 valence electrons. The molecule has 3 aromatic heterocycles. The number of aryl methyl sites for hydroxylation is 4. The maximum atomic E-state index is 6.63. The summed E-state index contributed by atoms with van der Waals surface area (Å²) >= 11 is 0. The third-order valence-corrected chi connectivity index (χ3v) is 11.8. The average molecular weight is 992 g/mol. The number of imidazole rings is 1. The molecule has 0 radical (unpaired) electrons. The molecule has 0 aliphatic heterocycles. The van der Waals surface area contributed by atoms with Gasteiger partial charge in [0.05, 0.1) is 11.4 Å². The van der Waals surface area contributed by atoms with Crippen LogP contribution in [0.1, 0.15) is 75.1 Å². The summed E-state index contributed by atoms with van der Waals surface area (Å²) in [4.78, 5) is 4.85. The Bertz CT molecular complexity index is 3030. The molecule has 0 aliphatic carbocycles. The van der Waals surface area contributed by atoms with Gasteiger partial charge in [0.15, 0.2) is 0 Å². The van der Waals surface area contributed by atoms with Gasteiger partial charge in [0, 0.05) is 50.5 Å². The van der Waals surface area contributed by atoms with Crippen molar-refractivity contribution in [2.24, 2.45) is 0 Å². The Morgan fingerprint density at radius 2 is 1.21 bits per heavy atom. The van der Waals surface area contributed by atoms with Crippen molar-refractivity contribution in [1.82, 2.24) is 14.1 Å². The molecular weight excluding hydrogens is 940 g/mol. The van der Waals surface area contributed by atoms with Gasteiger partial charge in [0.25, 0.3) is 6.33 Å². The van der Waals surface area contributed by atoms with Gasteiger partial charge >= 0.3 is 0 Å². The first-order valence-corrected chi connectivity index (χ1v) is 21.1. The van der Waals surface area contributed by atoms with E-state index in [9.17, 15) is 0 Å². The molecule has 6 aromatic carbocycles. The van der Waals surface area contributed by atoms with Gasteiger partial charge in [-0.05, 0) is 136 Å². The molecule has 0 fully saturated rings. The number of pyridine rings is 1. The molecule has 9 aromatic rings. The third-order valence-electron chi connectivity index (χ3n) is 11.8. The Kier molecular flexibility index (Phi) is 11.2. The SMILES string of the molecule is Cc1cccc(C)c1-c1cc(-c2c(C)cccc2C)cc(-[n+]2[c-]n(-c3[c-]c(Oc4[c-]c5c(cc4)c4ccccc4n5-c4cc(C(C)(C)C)ccn4)ccc3)c(C(C)(C)C)c2)c1.[Pt]. The molecule has 0 atom stereocenters. The molecule has 62 heavy (non-hydrogen) atoms. The van der Waals surface area contributed by atoms with E-state index in [1.807, 2.05) is 24.4 Å². The summed E-state index contributed by atoms with van der Waals surface area (Å²) in [5, 5.41) is 2.23. The zero-order valence-electron chi connectivity index (χ0n) is 37.2. The number of benzene rings is 6. The van der Waals surface area contributed by atoms with E-state index in [4.69, 9.17) is 9.72 Å². The zero-order valence-corrected chi connectivity index (χ0v) is 39.5. The van der Waals surface area contributed by atoms with Crippen LogP contribution in [0.5, 0.6) is 11.5 Å². The number of ether oxygens (including phenoxy) is 1. The molecule has 3 heterocycles. The van der Waals surface area contributed by atoms with Crippen LogP contribution in [0.4, 0.5) is 0 Å². The first-order chi connectivity index (χ1) is 29.1. The fraction of sp³-hybridized carbons (Fsp3) is 0.214. The predicted octanol–water partition coefficient (Wildman–Crippen LogP) is 13.6. The fourth-order valence-corrected chi connectivity index (χ4v) is 8.72. The molecule has 6 heteroatoms. The van der Waals surface area contributed by atoms with Crippen LogP contribution in [-0.4, -0.2) is 14.1 Å². The van der Waals surface area contributed by atoms with Crippen molar-refractivity contribution in [2.45, 2.75) is 80.1 Å². The van der Waals surface area contributed by atoms with Gasteiger partial charge in [0.1, 0.15) is 5.82 Å². The molecule has 5 nitrogen and oxygen atoms in total. The Hall–Kier alpha value is -6.03. The van der Waals surface area contributed by atoms with Gasteiger partial charge in [-0.25, -0.2) is 4.98 Å². The minimum atomic E-state index is -0.212. The summed E-state index contributed by atoms with van der Waals surface area (Å²) in [5.74, 6) is 2.04. The van der Waals surface area contributed by atoms with E-state index in [2.05, 4.69) is 211 Å². The Balaban J connectivity index is 0.00000529. The van der Waals surface area contributed by atoms with Crippen LogP contribution >= 0.6 is 0 Å². The number of fused-ring (bicyclic) bond motifs is 3. The van der Waals surface area contributed by atoms with Crippen LogP contribution in [0.25, 0.3) is 61.3 Å². The van der Waals surface area contributed by atoms with Crippen LogP contribution in [0.2, 0.25) is 0 Å². The van der Waals surface area contributed by atoms with Crippen molar-refractivity contribution in [1.29, 1.82) is 0 Å². The normalized spacial score (nSPS) is 11.9. The number of hydrogen-bond donors (Lipinski definition) is 0. The second-order valence-corrected chi connectivity index (χ2v) is 18.5. The number of nitrogens with zero attached hydrogens (tertiary/aromatic N) is 4. The third kappa shape index (κ3) is 7.95. The van der Waals surface area contributed by atoms with Gasteiger partial charge in [-0.15, -0.1) is 29.7 Å². The average Bonchev–Trinajstić information content (AvgIpc) is 3.82. The summed E-state index contributed by atoms with van der Waals surface area (Å²) in [5.41, 5.74) is 15.8. The predicted molar refractivity (Wildman–Crippen MR) is 250 cm³/mol. The topological polar surface area (TPSA) is 35.9 Å². The molecule has 0 N–H and O–H groups in total. The maximum Gasteiger partial charge on any atom is 0.267 e. The second-order valence-electron chi connectivity index (χ2n) is 18.5. The molecule has 0 aliphatic rings. The summed E-state index contributed by atoms with van der Waals surface area (Å²) in [7, 11) is 0. The van der Waals surface area contributed by atoms with Gasteiger partial charge in [-0.3, -0.25) is 4.57 Å². The quantitative estimate of drug-likeness (QED) is 0.118. The van der Waals surface area contributed by atoms with Crippen molar-refractivity contribution in [3.8, 4) is 50.9 Å². The molecule has 0 saturated carbocycles. The zero-order chi connectivity index (χ0) is 42.8. The molecule has 0 amide bonds.